The van der Waals surface area contributed by atoms with Crippen LogP contribution in [-0.2, 0) is 4.79 Å². The number of nitrogens with zero attached hydrogens (tertiary/aromatic N) is 1. The van der Waals surface area contributed by atoms with Crippen LogP contribution in [0.2, 0.25) is 0 Å². The number of nitrogens with two attached hydrogens (primary N) is 1. The fourth-order valence-corrected chi connectivity index (χ4v) is 2.26. The van der Waals surface area contributed by atoms with Gasteiger partial charge in [0.25, 0.3) is 0 Å². The van der Waals surface area contributed by atoms with Gasteiger partial charge in [-0.1, -0.05) is 13.8 Å². The molecule has 0 bridgehead atoms. The lowest BCUT2D eigenvalue weighted by Gasteiger charge is -2.20. The maximum Gasteiger partial charge on any atom is 0.225 e. The Morgan fingerprint density at radius 2 is 1.90 bits per heavy atom. The molecule has 5 nitrogen and oxygen atoms in total. The molecule has 0 saturated heterocycles. The summed E-state index contributed by atoms with van der Waals surface area (Å²) in [5.74, 6) is 0.604. The lowest BCUT2D eigenvalue weighted by Crippen LogP contribution is -2.29. The molecule has 0 aliphatic heterocycles. The summed E-state index contributed by atoms with van der Waals surface area (Å²) < 4.78 is 5.22. The Hall–Kier alpha value is -1.75. The summed E-state index contributed by atoms with van der Waals surface area (Å²) in [6, 6.07) is 5.22. The predicted molar refractivity (Wildman–Crippen MR) is 87.7 cm³/mol. The quantitative estimate of drug-likeness (QED) is 0.687. The Morgan fingerprint density at radius 1 is 1.24 bits per heavy atom. The fraction of sp³-hybridized carbons (Fsp3) is 0.562. The van der Waals surface area contributed by atoms with E-state index in [-0.39, 0.29) is 5.91 Å². The molecule has 21 heavy (non-hydrogen) atoms. The molecule has 0 aliphatic rings. The van der Waals surface area contributed by atoms with E-state index in [2.05, 4.69) is 24.1 Å². The molecule has 0 aliphatic carbocycles. The van der Waals surface area contributed by atoms with E-state index >= 15 is 0 Å². The van der Waals surface area contributed by atoms with Crippen LogP contribution in [0, 0.1) is 0 Å². The summed E-state index contributed by atoms with van der Waals surface area (Å²) in [6.07, 6.45) is 2.67. The van der Waals surface area contributed by atoms with Crippen LogP contribution in [0.15, 0.2) is 18.2 Å². The third-order valence-electron chi connectivity index (χ3n) is 3.23. The van der Waals surface area contributed by atoms with Gasteiger partial charge < -0.3 is 20.7 Å². The van der Waals surface area contributed by atoms with E-state index in [4.69, 9.17) is 10.5 Å². The molecule has 1 aromatic rings. The number of benzene rings is 1. The molecule has 0 saturated carbocycles. The molecule has 0 atom stereocenters. The van der Waals surface area contributed by atoms with Crippen LogP contribution in [-0.4, -0.2) is 37.6 Å². The van der Waals surface area contributed by atoms with Crippen LogP contribution in [0.1, 0.15) is 33.1 Å². The normalized spacial score (nSPS) is 10.7. The summed E-state index contributed by atoms with van der Waals surface area (Å²) in [5, 5.41) is 2.87. The van der Waals surface area contributed by atoms with Gasteiger partial charge in [-0.3, -0.25) is 4.79 Å². The second kappa shape index (κ2) is 9.23. The molecule has 0 aromatic heterocycles. The third kappa shape index (κ3) is 6.04. The number of carbonyl (C=O) groups excluding carboxylic acids is 1. The van der Waals surface area contributed by atoms with Gasteiger partial charge in [-0.05, 0) is 44.1 Å². The standard InChI is InChI=1S/C16H27N3O2/c1-4-9-19(10-5-2)11-8-16(20)18-14-12-13(17)6-7-15(14)21-3/h6-7,12H,4-5,8-11,17H2,1-3H3,(H,18,20). The van der Waals surface area contributed by atoms with Gasteiger partial charge in [-0.15, -0.1) is 0 Å². The van der Waals surface area contributed by atoms with Crippen molar-refractivity contribution >= 4 is 17.3 Å². The molecule has 118 valence electrons. The summed E-state index contributed by atoms with van der Waals surface area (Å²) in [4.78, 5) is 14.4. The first kappa shape index (κ1) is 17.3. The largest absolute Gasteiger partial charge is 0.495 e. The van der Waals surface area contributed by atoms with Crippen molar-refractivity contribution in [2.45, 2.75) is 33.1 Å². The van der Waals surface area contributed by atoms with Crippen LogP contribution in [0.4, 0.5) is 11.4 Å². The minimum Gasteiger partial charge on any atom is -0.495 e. The molecule has 0 heterocycles. The first-order valence-electron chi connectivity index (χ1n) is 7.56. The average molecular weight is 293 g/mol. The summed E-state index contributed by atoms with van der Waals surface area (Å²) >= 11 is 0. The van der Waals surface area contributed by atoms with E-state index < -0.39 is 0 Å². The molecular weight excluding hydrogens is 266 g/mol. The monoisotopic (exact) mass is 293 g/mol. The van der Waals surface area contributed by atoms with Crippen LogP contribution in [0.5, 0.6) is 5.75 Å². The number of hydrogen-bond acceptors (Lipinski definition) is 4. The molecule has 0 spiro atoms. The molecular formula is C16H27N3O2. The second-order valence-electron chi connectivity index (χ2n) is 5.10. The smallest absolute Gasteiger partial charge is 0.225 e. The van der Waals surface area contributed by atoms with Crippen molar-refractivity contribution in [1.29, 1.82) is 0 Å². The number of nitrogens with one attached hydrogen (secondary N) is 1. The maximum atomic E-state index is 12.1. The molecule has 0 fully saturated rings. The Bertz CT molecular complexity index is 443. The van der Waals surface area contributed by atoms with Crippen LogP contribution >= 0.6 is 0 Å². The Balaban J connectivity index is 2.55. The predicted octanol–water partition coefficient (Wildman–Crippen LogP) is 2.73. The highest BCUT2D eigenvalue weighted by molar-refractivity contribution is 5.93. The molecule has 1 aromatic carbocycles. The first-order chi connectivity index (χ1) is 10.1. The number of anilines is 2. The molecule has 5 heteroatoms. The number of amides is 1. The summed E-state index contributed by atoms with van der Waals surface area (Å²) in [6.45, 7) is 7.14. The van der Waals surface area contributed by atoms with Crippen LogP contribution < -0.4 is 15.8 Å². The minimum absolute atomic E-state index is 0.0175. The highest BCUT2D eigenvalue weighted by Gasteiger charge is 2.10. The Labute approximate surface area is 127 Å². The lowest BCUT2D eigenvalue weighted by atomic mass is 10.2. The molecule has 1 amide bonds. The number of ether oxygens (including phenoxy) is 1. The second-order valence-corrected chi connectivity index (χ2v) is 5.10. The molecule has 1 rings (SSSR count). The fourth-order valence-electron chi connectivity index (χ4n) is 2.26. The third-order valence-corrected chi connectivity index (χ3v) is 3.23. The summed E-state index contributed by atoms with van der Waals surface area (Å²) in [5.41, 5.74) is 6.97. The average Bonchev–Trinajstić information content (AvgIpc) is 2.45. The van der Waals surface area contributed by atoms with E-state index in [0.717, 1.165) is 32.5 Å². The van der Waals surface area contributed by atoms with Gasteiger partial charge in [-0.25, -0.2) is 0 Å². The van der Waals surface area contributed by atoms with Crippen molar-refractivity contribution in [3.05, 3.63) is 18.2 Å². The van der Waals surface area contributed by atoms with Crippen molar-refractivity contribution < 1.29 is 9.53 Å². The number of nitrogen functional groups attached to an aromatic ring is 1. The zero-order chi connectivity index (χ0) is 15.7. The van der Waals surface area contributed by atoms with E-state index in [9.17, 15) is 4.79 Å². The SMILES string of the molecule is CCCN(CCC)CCC(=O)Nc1cc(N)ccc1OC. The van der Waals surface area contributed by atoms with Crippen LogP contribution in [0.25, 0.3) is 0 Å². The van der Waals surface area contributed by atoms with E-state index in [1.807, 2.05) is 0 Å². The summed E-state index contributed by atoms with van der Waals surface area (Å²) in [7, 11) is 1.57. The number of hydrogen-bond donors (Lipinski definition) is 2. The Kier molecular flexibility index (Phi) is 7.61. The van der Waals surface area contributed by atoms with Gasteiger partial charge in [0.1, 0.15) is 5.75 Å². The van der Waals surface area contributed by atoms with Crippen molar-refractivity contribution in [3.63, 3.8) is 0 Å². The molecule has 3 N–H and O–H groups in total. The number of methoxy groups -OCH3 is 1. The number of carbonyl (C=O) groups is 1. The van der Waals surface area contributed by atoms with Crippen LogP contribution in [0.3, 0.4) is 0 Å². The Morgan fingerprint density at radius 3 is 2.48 bits per heavy atom. The van der Waals surface area contributed by atoms with E-state index in [1.165, 1.54) is 0 Å². The lowest BCUT2D eigenvalue weighted by molar-refractivity contribution is -0.116. The topological polar surface area (TPSA) is 67.6 Å². The maximum absolute atomic E-state index is 12.1. The van der Waals surface area contributed by atoms with E-state index in [0.29, 0.717) is 23.5 Å². The van der Waals surface area contributed by atoms with Gasteiger partial charge in [-0.2, -0.15) is 0 Å². The zero-order valence-electron chi connectivity index (χ0n) is 13.3. The zero-order valence-corrected chi connectivity index (χ0v) is 13.3. The van der Waals surface area contributed by atoms with Gasteiger partial charge >= 0.3 is 0 Å². The van der Waals surface area contributed by atoms with Gasteiger partial charge in [0.15, 0.2) is 0 Å². The molecule has 0 unspecified atom stereocenters. The van der Waals surface area contributed by atoms with Crippen molar-refractivity contribution in [2.75, 3.05) is 37.8 Å². The van der Waals surface area contributed by atoms with Crippen molar-refractivity contribution in [1.82, 2.24) is 4.90 Å². The van der Waals surface area contributed by atoms with Crippen molar-refractivity contribution in [2.24, 2.45) is 0 Å². The molecule has 0 radical (unpaired) electrons. The first-order valence-corrected chi connectivity index (χ1v) is 7.56. The highest BCUT2D eigenvalue weighted by Crippen LogP contribution is 2.26. The van der Waals surface area contributed by atoms with Gasteiger partial charge in [0.05, 0.1) is 12.8 Å². The minimum atomic E-state index is -0.0175. The van der Waals surface area contributed by atoms with Crippen molar-refractivity contribution in [3.8, 4) is 5.75 Å². The highest BCUT2D eigenvalue weighted by atomic mass is 16.5. The number of rotatable bonds is 9. The van der Waals surface area contributed by atoms with E-state index in [1.54, 1.807) is 25.3 Å². The van der Waals surface area contributed by atoms with Gasteiger partial charge in [0.2, 0.25) is 5.91 Å². The van der Waals surface area contributed by atoms with Gasteiger partial charge in [0, 0.05) is 18.7 Å².